The molecular weight excluding hydrogens is 270 g/mol. The zero-order valence-electron chi connectivity index (χ0n) is 10.3. The monoisotopic (exact) mass is 285 g/mol. The van der Waals surface area contributed by atoms with Crippen molar-refractivity contribution < 1.29 is 4.74 Å². The summed E-state index contributed by atoms with van der Waals surface area (Å²) in [6.07, 6.45) is 4.55. The first-order valence-corrected chi connectivity index (χ1v) is 7.53. The third kappa shape index (κ3) is 2.00. The third-order valence-electron chi connectivity index (χ3n) is 3.54. The van der Waals surface area contributed by atoms with Gasteiger partial charge in [0.2, 0.25) is 0 Å². The lowest BCUT2D eigenvalue weighted by atomic mass is 10.1. The lowest BCUT2D eigenvalue weighted by molar-refractivity contribution is 0.0818. The van der Waals surface area contributed by atoms with Crippen molar-refractivity contribution >= 4 is 33.7 Å². The lowest BCUT2D eigenvalue weighted by Gasteiger charge is -2.31. The molecule has 0 amide bonds. The van der Waals surface area contributed by atoms with Crippen molar-refractivity contribution in [1.29, 1.82) is 0 Å². The van der Waals surface area contributed by atoms with Gasteiger partial charge in [0.25, 0.3) is 0 Å². The van der Waals surface area contributed by atoms with Crippen LogP contribution in [0, 0.1) is 0 Å². The molecular formula is C12H16ClN3OS. The number of thiazole rings is 1. The van der Waals surface area contributed by atoms with E-state index in [1.54, 1.807) is 18.4 Å². The first-order valence-electron chi connectivity index (χ1n) is 6.11. The maximum absolute atomic E-state index is 6.08. The number of anilines is 1. The van der Waals surface area contributed by atoms with Crippen LogP contribution in [-0.4, -0.2) is 35.7 Å². The molecule has 6 heteroatoms. The highest BCUT2D eigenvalue weighted by Gasteiger charge is 2.23. The minimum atomic E-state index is 0.393. The number of rotatable bonds is 3. The largest absolute Gasteiger partial charge is 0.381 e. The Bertz CT molecular complexity index is 530. The fraction of sp³-hybridized carbons (Fsp3) is 0.583. The molecule has 0 radical (unpaired) electrons. The Morgan fingerprint density at radius 1 is 1.50 bits per heavy atom. The van der Waals surface area contributed by atoms with Crippen LogP contribution in [-0.2, 0) is 10.6 Å². The summed E-state index contributed by atoms with van der Waals surface area (Å²) in [7, 11) is 1.79. The van der Waals surface area contributed by atoms with E-state index in [2.05, 4.69) is 9.30 Å². The van der Waals surface area contributed by atoms with Crippen LogP contribution < -0.4 is 4.90 Å². The summed E-state index contributed by atoms with van der Waals surface area (Å²) in [5.74, 6) is 1.55. The highest BCUT2D eigenvalue weighted by atomic mass is 35.5. The van der Waals surface area contributed by atoms with Crippen molar-refractivity contribution in [2.24, 2.45) is 0 Å². The van der Waals surface area contributed by atoms with Gasteiger partial charge < -0.3 is 9.64 Å². The molecule has 1 aliphatic heterocycles. The lowest BCUT2D eigenvalue weighted by Crippen LogP contribution is -2.37. The van der Waals surface area contributed by atoms with Crippen molar-refractivity contribution in [3.8, 4) is 0 Å². The molecule has 0 unspecified atom stereocenters. The van der Waals surface area contributed by atoms with E-state index in [9.17, 15) is 0 Å². The molecule has 0 aliphatic carbocycles. The van der Waals surface area contributed by atoms with Crippen molar-refractivity contribution in [2.45, 2.75) is 24.8 Å². The minimum absolute atomic E-state index is 0.393. The summed E-state index contributed by atoms with van der Waals surface area (Å²) < 4.78 is 7.49. The van der Waals surface area contributed by atoms with Crippen LogP contribution in [0.1, 0.15) is 18.5 Å². The number of alkyl halides is 1. The van der Waals surface area contributed by atoms with E-state index < -0.39 is 0 Å². The van der Waals surface area contributed by atoms with Gasteiger partial charge in [0.15, 0.2) is 10.8 Å². The first kappa shape index (κ1) is 12.3. The predicted octanol–water partition coefficient (Wildman–Crippen LogP) is 2.75. The van der Waals surface area contributed by atoms with E-state index in [1.165, 1.54) is 0 Å². The molecule has 2 aromatic heterocycles. The maximum atomic E-state index is 6.08. The third-order valence-corrected chi connectivity index (χ3v) is 4.55. The Balaban J connectivity index is 1.87. The molecule has 0 spiro atoms. The van der Waals surface area contributed by atoms with E-state index in [0.29, 0.717) is 12.0 Å². The molecule has 2 aromatic rings. The molecule has 3 rings (SSSR count). The van der Waals surface area contributed by atoms with Crippen LogP contribution in [0.2, 0.25) is 0 Å². The average molecular weight is 286 g/mol. The zero-order valence-corrected chi connectivity index (χ0v) is 11.9. The Morgan fingerprint density at radius 2 is 2.28 bits per heavy atom. The molecule has 3 heterocycles. The van der Waals surface area contributed by atoms with Gasteiger partial charge in [-0.3, -0.25) is 4.40 Å². The first-order chi connectivity index (χ1) is 8.83. The van der Waals surface area contributed by atoms with Crippen LogP contribution in [0.5, 0.6) is 0 Å². The van der Waals surface area contributed by atoms with E-state index in [0.717, 1.165) is 42.4 Å². The summed E-state index contributed by atoms with van der Waals surface area (Å²) in [4.78, 5) is 8.05. The van der Waals surface area contributed by atoms with E-state index in [-0.39, 0.29) is 0 Å². The number of halogens is 1. The smallest absolute Gasteiger partial charge is 0.195 e. The van der Waals surface area contributed by atoms with Crippen molar-refractivity contribution in [3.63, 3.8) is 0 Å². The number of aromatic nitrogens is 2. The molecule has 98 valence electrons. The number of fused-ring (bicyclic) bond motifs is 1. The molecule has 1 aliphatic rings. The summed E-state index contributed by atoms with van der Waals surface area (Å²) >= 11 is 7.73. The van der Waals surface area contributed by atoms with Crippen LogP contribution >= 0.6 is 22.9 Å². The molecule has 1 saturated heterocycles. The summed E-state index contributed by atoms with van der Waals surface area (Å²) in [5, 5.41) is 2.04. The summed E-state index contributed by atoms with van der Waals surface area (Å²) in [6, 6.07) is 0. The molecule has 4 nitrogen and oxygen atoms in total. The number of methoxy groups -OCH3 is 1. The van der Waals surface area contributed by atoms with Gasteiger partial charge in [-0.2, -0.15) is 0 Å². The van der Waals surface area contributed by atoms with Crippen LogP contribution in [0.25, 0.3) is 4.96 Å². The number of nitrogens with zero attached hydrogens (tertiary/aromatic N) is 3. The molecule has 1 fully saturated rings. The Hall–Kier alpha value is -0.780. The fourth-order valence-electron chi connectivity index (χ4n) is 2.50. The van der Waals surface area contributed by atoms with E-state index >= 15 is 0 Å². The maximum Gasteiger partial charge on any atom is 0.195 e. The quantitative estimate of drug-likeness (QED) is 0.812. The van der Waals surface area contributed by atoms with Crippen molar-refractivity contribution in [2.75, 3.05) is 25.1 Å². The van der Waals surface area contributed by atoms with Gasteiger partial charge >= 0.3 is 0 Å². The number of hydrogen-bond donors (Lipinski definition) is 0. The van der Waals surface area contributed by atoms with E-state index in [4.69, 9.17) is 21.3 Å². The van der Waals surface area contributed by atoms with Crippen LogP contribution in [0.15, 0.2) is 11.6 Å². The Kier molecular flexibility index (Phi) is 3.46. The van der Waals surface area contributed by atoms with E-state index in [1.807, 2.05) is 11.6 Å². The number of imidazole rings is 1. The topological polar surface area (TPSA) is 29.8 Å². The second-order valence-electron chi connectivity index (χ2n) is 4.49. The normalized spacial score (nSPS) is 17.8. The van der Waals surface area contributed by atoms with Gasteiger partial charge in [-0.1, -0.05) is 0 Å². The molecule has 0 saturated carbocycles. The molecule has 18 heavy (non-hydrogen) atoms. The van der Waals surface area contributed by atoms with Gasteiger partial charge in [0.05, 0.1) is 17.7 Å². The standard InChI is InChI=1S/C12H16ClN3OS/c1-17-9-2-4-15(5-3-9)11-10(8-13)16-6-7-18-12(16)14-11/h6-7,9H,2-5,8H2,1H3. The van der Waals surface area contributed by atoms with Crippen molar-refractivity contribution in [1.82, 2.24) is 9.38 Å². The van der Waals surface area contributed by atoms with Crippen LogP contribution in [0.4, 0.5) is 5.82 Å². The van der Waals surface area contributed by atoms with Gasteiger partial charge in [0, 0.05) is 31.8 Å². The van der Waals surface area contributed by atoms with Gasteiger partial charge in [-0.05, 0) is 12.8 Å². The fourth-order valence-corrected chi connectivity index (χ4v) is 3.48. The number of hydrogen-bond acceptors (Lipinski definition) is 4. The Morgan fingerprint density at radius 3 is 2.94 bits per heavy atom. The molecule has 0 aromatic carbocycles. The SMILES string of the molecule is COC1CCN(c2nc3sccn3c2CCl)CC1. The second-order valence-corrected chi connectivity index (χ2v) is 5.63. The Labute approximate surface area is 115 Å². The van der Waals surface area contributed by atoms with Gasteiger partial charge in [0.1, 0.15) is 0 Å². The van der Waals surface area contributed by atoms with Crippen molar-refractivity contribution in [3.05, 3.63) is 17.3 Å². The molecule has 0 bridgehead atoms. The van der Waals surface area contributed by atoms with Gasteiger partial charge in [-0.25, -0.2) is 4.98 Å². The number of piperidine rings is 1. The van der Waals surface area contributed by atoms with Crippen LogP contribution in [0.3, 0.4) is 0 Å². The minimum Gasteiger partial charge on any atom is -0.381 e. The molecule has 0 N–H and O–H groups in total. The highest BCUT2D eigenvalue weighted by molar-refractivity contribution is 7.15. The molecule has 0 atom stereocenters. The average Bonchev–Trinajstić information content (AvgIpc) is 2.98. The highest BCUT2D eigenvalue weighted by Crippen LogP contribution is 2.28. The zero-order chi connectivity index (χ0) is 12.5. The number of ether oxygens (including phenoxy) is 1. The van der Waals surface area contributed by atoms with Gasteiger partial charge in [-0.15, -0.1) is 22.9 Å². The summed E-state index contributed by atoms with van der Waals surface area (Å²) in [5.41, 5.74) is 1.10. The second kappa shape index (κ2) is 5.07. The summed E-state index contributed by atoms with van der Waals surface area (Å²) in [6.45, 7) is 1.99. The predicted molar refractivity (Wildman–Crippen MR) is 74.9 cm³/mol.